The molecule has 7 nitrogen and oxygen atoms in total. The normalized spacial score (nSPS) is 12.5. The van der Waals surface area contributed by atoms with Gasteiger partial charge in [-0.2, -0.15) is 0 Å². The number of carbonyl (C=O) groups excluding carboxylic acids is 1. The average Bonchev–Trinajstić information content (AvgIpc) is 3.23. The molecule has 8 heteroatoms. The highest BCUT2D eigenvalue weighted by Crippen LogP contribution is 2.32. The van der Waals surface area contributed by atoms with Gasteiger partial charge in [-0.25, -0.2) is 9.97 Å². The minimum Gasteiger partial charge on any atom is -0.454 e. The van der Waals surface area contributed by atoms with Crippen molar-refractivity contribution in [3.05, 3.63) is 42.1 Å². The smallest absolute Gasteiger partial charge is 0.231 e. The largest absolute Gasteiger partial charge is 0.454 e. The van der Waals surface area contributed by atoms with Gasteiger partial charge in [0.25, 0.3) is 0 Å². The lowest BCUT2D eigenvalue weighted by molar-refractivity contribution is -0.118. The predicted molar refractivity (Wildman–Crippen MR) is 89.0 cm³/mol. The van der Waals surface area contributed by atoms with Gasteiger partial charge < -0.3 is 19.8 Å². The van der Waals surface area contributed by atoms with Gasteiger partial charge in [0.15, 0.2) is 22.3 Å². The van der Waals surface area contributed by atoms with E-state index in [1.165, 1.54) is 11.8 Å². The fourth-order valence-corrected chi connectivity index (χ4v) is 3.03. The molecule has 3 aromatic rings. The van der Waals surface area contributed by atoms with Crippen molar-refractivity contribution in [2.75, 3.05) is 12.5 Å². The zero-order valence-electron chi connectivity index (χ0n) is 12.6. The molecule has 0 unspecified atom stereocenters. The van der Waals surface area contributed by atoms with Crippen LogP contribution >= 0.6 is 11.8 Å². The number of thioether (sulfide) groups is 1. The van der Waals surface area contributed by atoms with Gasteiger partial charge in [-0.05, 0) is 29.8 Å². The van der Waals surface area contributed by atoms with Crippen LogP contribution in [0.5, 0.6) is 11.5 Å². The molecule has 3 heterocycles. The third-order valence-corrected chi connectivity index (χ3v) is 4.38. The molecule has 1 aliphatic heterocycles. The number of nitrogens with one attached hydrogen (secondary N) is 2. The van der Waals surface area contributed by atoms with Crippen molar-refractivity contribution in [1.29, 1.82) is 0 Å². The average molecular weight is 342 g/mol. The van der Waals surface area contributed by atoms with Crippen molar-refractivity contribution in [1.82, 2.24) is 20.3 Å². The predicted octanol–water partition coefficient (Wildman–Crippen LogP) is 2.10. The molecule has 0 fully saturated rings. The maximum Gasteiger partial charge on any atom is 0.231 e. The summed E-state index contributed by atoms with van der Waals surface area (Å²) in [5.41, 5.74) is 2.48. The number of benzene rings is 1. The van der Waals surface area contributed by atoms with E-state index in [0.717, 1.165) is 16.8 Å². The van der Waals surface area contributed by atoms with E-state index in [-0.39, 0.29) is 18.5 Å². The van der Waals surface area contributed by atoms with Gasteiger partial charge in [0.05, 0.1) is 11.3 Å². The SMILES string of the molecule is O=C(CSc1nc2ncccc2[nH]1)NCc1ccc2c(c1)OCO2. The van der Waals surface area contributed by atoms with Crippen LogP contribution in [0.25, 0.3) is 11.2 Å². The Kier molecular flexibility index (Phi) is 3.96. The standard InChI is InChI=1S/C16H14N4O3S/c21-14(8-24-16-19-11-2-1-5-17-15(11)20-16)18-7-10-3-4-12-13(6-10)23-9-22-12/h1-6H,7-9H2,(H,18,21)(H,17,19,20). The lowest BCUT2D eigenvalue weighted by atomic mass is 10.2. The molecule has 24 heavy (non-hydrogen) atoms. The van der Waals surface area contributed by atoms with E-state index in [9.17, 15) is 4.79 Å². The van der Waals surface area contributed by atoms with Crippen molar-refractivity contribution in [3.8, 4) is 11.5 Å². The molecule has 1 aliphatic rings. The molecule has 0 radical (unpaired) electrons. The third kappa shape index (κ3) is 3.13. The lowest BCUT2D eigenvalue weighted by Crippen LogP contribution is -2.24. The Morgan fingerprint density at radius 3 is 3.12 bits per heavy atom. The van der Waals surface area contributed by atoms with E-state index in [4.69, 9.17) is 9.47 Å². The van der Waals surface area contributed by atoms with Crippen LogP contribution in [0.3, 0.4) is 0 Å². The Hall–Kier alpha value is -2.74. The molecule has 122 valence electrons. The molecule has 4 rings (SSSR count). The second-order valence-electron chi connectivity index (χ2n) is 5.17. The van der Waals surface area contributed by atoms with Crippen LogP contribution < -0.4 is 14.8 Å². The number of H-pyrrole nitrogens is 1. The number of ether oxygens (including phenoxy) is 2. The van der Waals surface area contributed by atoms with Crippen molar-refractivity contribution < 1.29 is 14.3 Å². The highest BCUT2D eigenvalue weighted by molar-refractivity contribution is 7.99. The number of rotatable bonds is 5. The fourth-order valence-electron chi connectivity index (χ4n) is 2.33. The number of aromatic nitrogens is 3. The highest BCUT2D eigenvalue weighted by Gasteiger charge is 2.13. The Balaban J connectivity index is 1.30. The second kappa shape index (κ2) is 6.40. The first-order valence-electron chi connectivity index (χ1n) is 7.37. The zero-order chi connectivity index (χ0) is 16.4. The summed E-state index contributed by atoms with van der Waals surface area (Å²) in [4.78, 5) is 23.6. The van der Waals surface area contributed by atoms with Gasteiger partial charge in [0, 0.05) is 12.7 Å². The number of imidazole rings is 1. The number of carbonyl (C=O) groups is 1. The van der Waals surface area contributed by atoms with Gasteiger partial charge >= 0.3 is 0 Å². The first kappa shape index (κ1) is 14.8. The summed E-state index contributed by atoms with van der Waals surface area (Å²) >= 11 is 1.35. The lowest BCUT2D eigenvalue weighted by Gasteiger charge is -2.05. The van der Waals surface area contributed by atoms with E-state index >= 15 is 0 Å². The molecular weight excluding hydrogens is 328 g/mol. The molecule has 1 aromatic carbocycles. The number of nitrogens with zero attached hydrogens (tertiary/aromatic N) is 2. The van der Waals surface area contributed by atoms with Crippen molar-refractivity contribution >= 4 is 28.8 Å². The maximum atomic E-state index is 12.0. The quantitative estimate of drug-likeness (QED) is 0.690. The summed E-state index contributed by atoms with van der Waals surface area (Å²) in [5, 5.41) is 3.56. The van der Waals surface area contributed by atoms with Crippen molar-refractivity contribution in [2.45, 2.75) is 11.7 Å². The van der Waals surface area contributed by atoms with Crippen molar-refractivity contribution in [3.63, 3.8) is 0 Å². The number of pyridine rings is 1. The maximum absolute atomic E-state index is 12.0. The summed E-state index contributed by atoms with van der Waals surface area (Å²) in [6.45, 7) is 0.686. The summed E-state index contributed by atoms with van der Waals surface area (Å²) in [7, 11) is 0. The van der Waals surface area contributed by atoms with Gasteiger partial charge in [-0.3, -0.25) is 4.79 Å². The van der Waals surface area contributed by atoms with Crippen LogP contribution in [0.15, 0.2) is 41.7 Å². The van der Waals surface area contributed by atoms with Gasteiger partial charge in [0.1, 0.15) is 0 Å². The van der Waals surface area contributed by atoms with Crippen molar-refractivity contribution in [2.24, 2.45) is 0 Å². The molecule has 0 aliphatic carbocycles. The summed E-state index contributed by atoms with van der Waals surface area (Å²) < 4.78 is 10.6. The summed E-state index contributed by atoms with van der Waals surface area (Å²) in [6.07, 6.45) is 1.69. The summed E-state index contributed by atoms with van der Waals surface area (Å²) in [6, 6.07) is 9.37. The van der Waals surface area contributed by atoms with E-state index in [1.807, 2.05) is 30.3 Å². The summed E-state index contributed by atoms with van der Waals surface area (Å²) in [5.74, 6) is 1.67. The van der Waals surface area contributed by atoms with Gasteiger partial charge in [-0.15, -0.1) is 0 Å². The van der Waals surface area contributed by atoms with E-state index < -0.39 is 0 Å². The van der Waals surface area contributed by atoms with E-state index in [2.05, 4.69) is 20.3 Å². The zero-order valence-corrected chi connectivity index (χ0v) is 13.4. The second-order valence-corrected chi connectivity index (χ2v) is 6.13. The Morgan fingerprint density at radius 2 is 2.21 bits per heavy atom. The first-order valence-corrected chi connectivity index (χ1v) is 8.35. The van der Waals surface area contributed by atoms with Crippen LogP contribution in [-0.4, -0.2) is 33.4 Å². The fraction of sp³-hybridized carbons (Fsp3) is 0.188. The monoisotopic (exact) mass is 342 g/mol. The van der Waals surface area contributed by atoms with Crippen LogP contribution in [-0.2, 0) is 11.3 Å². The van der Waals surface area contributed by atoms with E-state index in [0.29, 0.717) is 23.1 Å². The Labute approximate surface area is 141 Å². The number of aromatic amines is 1. The number of amides is 1. The minimum absolute atomic E-state index is 0.0638. The highest BCUT2D eigenvalue weighted by atomic mass is 32.2. The molecule has 0 spiro atoms. The van der Waals surface area contributed by atoms with E-state index in [1.54, 1.807) is 6.20 Å². The Bertz CT molecular complexity index is 863. The Morgan fingerprint density at radius 1 is 1.29 bits per heavy atom. The molecule has 0 saturated heterocycles. The molecule has 0 saturated carbocycles. The van der Waals surface area contributed by atoms with Crippen LogP contribution in [0, 0.1) is 0 Å². The molecule has 1 amide bonds. The molecule has 0 bridgehead atoms. The minimum atomic E-state index is -0.0638. The molecule has 2 N–H and O–H groups in total. The van der Waals surface area contributed by atoms with Crippen LogP contribution in [0.2, 0.25) is 0 Å². The third-order valence-electron chi connectivity index (χ3n) is 3.50. The number of hydrogen-bond donors (Lipinski definition) is 2. The van der Waals surface area contributed by atoms with Crippen LogP contribution in [0.1, 0.15) is 5.56 Å². The topological polar surface area (TPSA) is 89.1 Å². The molecular formula is C16H14N4O3S. The van der Waals surface area contributed by atoms with Crippen LogP contribution in [0.4, 0.5) is 0 Å². The number of fused-ring (bicyclic) bond motifs is 2. The van der Waals surface area contributed by atoms with Gasteiger partial charge in [-0.1, -0.05) is 17.8 Å². The molecule has 0 atom stereocenters. The molecule has 2 aromatic heterocycles. The number of hydrogen-bond acceptors (Lipinski definition) is 6. The first-order chi connectivity index (χ1) is 11.8. The van der Waals surface area contributed by atoms with Gasteiger partial charge in [0.2, 0.25) is 12.7 Å².